The predicted octanol–water partition coefficient (Wildman–Crippen LogP) is 1.51. The Morgan fingerprint density at radius 3 is 2.71 bits per heavy atom. The first-order chi connectivity index (χ1) is 7.90. The summed E-state index contributed by atoms with van der Waals surface area (Å²) in [5.74, 6) is -2.93. The number of carbonyl (C=O) groups is 1. The van der Waals surface area contributed by atoms with Gasteiger partial charge in [-0.25, -0.2) is 4.39 Å². The van der Waals surface area contributed by atoms with Crippen LogP contribution in [0.5, 0.6) is 5.75 Å². The third kappa shape index (κ3) is 3.74. The molecule has 0 aromatic heterocycles. The summed E-state index contributed by atoms with van der Waals surface area (Å²) in [7, 11) is 0. The highest BCUT2D eigenvalue weighted by molar-refractivity contribution is 5.76. The van der Waals surface area contributed by atoms with Crippen LogP contribution in [0.15, 0.2) is 12.1 Å². The number of nitrogens with one attached hydrogen (secondary N) is 1. The normalized spacial score (nSPS) is 10.4. The fourth-order valence-corrected chi connectivity index (χ4v) is 1.08. The lowest BCUT2D eigenvalue weighted by Gasteiger charge is -2.11. The van der Waals surface area contributed by atoms with E-state index < -0.39 is 30.7 Å². The number of rotatable bonds is 5. The van der Waals surface area contributed by atoms with Crippen LogP contribution in [-0.4, -0.2) is 24.2 Å². The standard InChI is InChI=1S/C9H9F3N2O3/c10-4-1-5(13)6(14-3-8(15)16)2-7(4)17-9(11)12/h1-2,9,14H,3,13H2,(H,15,16). The Kier molecular flexibility index (Phi) is 4.02. The number of benzene rings is 1. The average molecular weight is 250 g/mol. The zero-order valence-corrected chi connectivity index (χ0v) is 8.41. The molecule has 94 valence electrons. The predicted molar refractivity (Wildman–Crippen MR) is 53.6 cm³/mol. The highest BCUT2D eigenvalue weighted by Crippen LogP contribution is 2.29. The Balaban J connectivity index is 2.93. The summed E-state index contributed by atoms with van der Waals surface area (Å²) in [6.07, 6.45) is 0. The molecular weight excluding hydrogens is 241 g/mol. The van der Waals surface area contributed by atoms with Gasteiger partial charge < -0.3 is 20.9 Å². The smallest absolute Gasteiger partial charge is 0.387 e. The second-order valence-electron chi connectivity index (χ2n) is 3.00. The first kappa shape index (κ1) is 12.9. The highest BCUT2D eigenvalue weighted by Gasteiger charge is 2.13. The summed E-state index contributed by atoms with van der Waals surface area (Å²) >= 11 is 0. The van der Waals surface area contributed by atoms with Gasteiger partial charge >= 0.3 is 12.6 Å². The zero-order valence-electron chi connectivity index (χ0n) is 8.41. The number of carboxylic acids is 1. The second kappa shape index (κ2) is 5.28. The van der Waals surface area contributed by atoms with Crippen LogP contribution in [0.25, 0.3) is 0 Å². The Morgan fingerprint density at radius 1 is 1.53 bits per heavy atom. The van der Waals surface area contributed by atoms with Gasteiger partial charge in [-0.15, -0.1) is 0 Å². The molecule has 0 amide bonds. The molecule has 0 radical (unpaired) electrons. The maximum atomic E-state index is 13.1. The monoisotopic (exact) mass is 250 g/mol. The number of nitrogen functional groups attached to an aromatic ring is 1. The molecule has 0 unspecified atom stereocenters. The van der Waals surface area contributed by atoms with Gasteiger partial charge in [-0.05, 0) is 0 Å². The minimum Gasteiger partial charge on any atom is -0.480 e. The number of nitrogens with two attached hydrogens (primary N) is 1. The zero-order chi connectivity index (χ0) is 13.0. The lowest BCUT2D eigenvalue weighted by atomic mass is 10.2. The molecule has 0 bridgehead atoms. The van der Waals surface area contributed by atoms with Crippen LogP contribution < -0.4 is 15.8 Å². The highest BCUT2D eigenvalue weighted by atomic mass is 19.3. The minimum atomic E-state index is -3.18. The van der Waals surface area contributed by atoms with Gasteiger partial charge in [0.15, 0.2) is 11.6 Å². The molecule has 17 heavy (non-hydrogen) atoms. The summed E-state index contributed by atoms with van der Waals surface area (Å²) < 4.78 is 40.8. The number of halogens is 3. The van der Waals surface area contributed by atoms with Crippen molar-refractivity contribution in [2.45, 2.75) is 6.61 Å². The van der Waals surface area contributed by atoms with Crippen LogP contribution >= 0.6 is 0 Å². The molecule has 1 aromatic rings. The van der Waals surface area contributed by atoms with Crippen molar-refractivity contribution in [3.05, 3.63) is 17.9 Å². The number of anilines is 2. The van der Waals surface area contributed by atoms with Gasteiger partial charge in [0.05, 0.1) is 11.4 Å². The maximum Gasteiger partial charge on any atom is 0.387 e. The summed E-state index contributed by atoms with van der Waals surface area (Å²) in [6.45, 7) is -3.66. The van der Waals surface area contributed by atoms with E-state index in [2.05, 4.69) is 10.1 Å². The van der Waals surface area contributed by atoms with Crippen LogP contribution in [-0.2, 0) is 4.79 Å². The SMILES string of the molecule is Nc1cc(F)c(OC(F)F)cc1NCC(=O)O. The fraction of sp³-hybridized carbons (Fsp3) is 0.222. The molecule has 0 saturated heterocycles. The van der Waals surface area contributed by atoms with Gasteiger partial charge in [0.25, 0.3) is 0 Å². The Labute approximate surface area is 94.0 Å². The number of alkyl halides is 2. The molecule has 0 saturated carbocycles. The van der Waals surface area contributed by atoms with E-state index in [1.54, 1.807) is 0 Å². The van der Waals surface area contributed by atoms with Gasteiger partial charge in [-0.3, -0.25) is 4.79 Å². The van der Waals surface area contributed by atoms with E-state index in [4.69, 9.17) is 10.8 Å². The number of ether oxygens (including phenoxy) is 1. The molecule has 0 atom stereocenters. The van der Waals surface area contributed by atoms with Crippen molar-refractivity contribution >= 4 is 17.3 Å². The van der Waals surface area contributed by atoms with Crippen molar-refractivity contribution < 1.29 is 27.8 Å². The molecule has 0 fully saturated rings. The van der Waals surface area contributed by atoms with Crippen LogP contribution in [0.4, 0.5) is 24.5 Å². The lowest BCUT2D eigenvalue weighted by molar-refractivity contribution is -0.134. The molecule has 1 rings (SSSR count). The van der Waals surface area contributed by atoms with Crippen molar-refractivity contribution in [3.8, 4) is 5.75 Å². The lowest BCUT2D eigenvalue weighted by Crippen LogP contribution is -2.14. The van der Waals surface area contributed by atoms with E-state index in [0.29, 0.717) is 0 Å². The number of carboxylic acid groups (broad SMARTS) is 1. The van der Waals surface area contributed by atoms with Gasteiger partial charge in [0.1, 0.15) is 6.54 Å². The van der Waals surface area contributed by atoms with Crippen molar-refractivity contribution in [2.75, 3.05) is 17.6 Å². The molecule has 0 heterocycles. The number of hydrogen-bond donors (Lipinski definition) is 3. The third-order valence-electron chi connectivity index (χ3n) is 1.75. The number of hydrogen-bond acceptors (Lipinski definition) is 4. The van der Waals surface area contributed by atoms with E-state index in [0.717, 1.165) is 12.1 Å². The Morgan fingerprint density at radius 2 is 2.18 bits per heavy atom. The molecule has 1 aromatic carbocycles. The largest absolute Gasteiger partial charge is 0.480 e. The van der Waals surface area contributed by atoms with Crippen molar-refractivity contribution in [3.63, 3.8) is 0 Å². The molecule has 5 nitrogen and oxygen atoms in total. The van der Waals surface area contributed by atoms with Crippen molar-refractivity contribution in [2.24, 2.45) is 0 Å². The van der Waals surface area contributed by atoms with Gasteiger partial charge in [-0.2, -0.15) is 8.78 Å². The second-order valence-corrected chi connectivity index (χ2v) is 3.00. The first-order valence-electron chi connectivity index (χ1n) is 4.39. The maximum absolute atomic E-state index is 13.1. The molecule has 0 aliphatic carbocycles. The summed E-state index contributed by atoms with van der Waals surface area (Å²) in [5.41, 5.74) is 5.27. The molecule has 0 aliphatic heterocycles. The minimum absolute atomic E-state index is 0.00412. The molecule has 0 aliphatic rings. The van der Waals surface area contributed by atoms with Gasteiger partial charge in [0.2, 0.25) is 0 Å². The van der Waals surface area contributed by atoms with Crippen molar-refractivity contribution in [1.29, 1.82) is 0 Å². The van der Waals surface area contributed by atoms with E-state index in [-0.39, 0.29) is 11.4 Å². The number of aliphatic carboxylic acids is 1. The quantitative estimate of drug-likeness (QED) is 0.690. The van der Waals surface area contributed by atoms with E-state index in [9.17, 15) is 18.0 Å². The Hall–Kier alpha value is -2.12. The summed E-state index contributed by atoms with van der Waals surface area (Å²) in [5, 5.41) is 10.7. The van der Waals surface area contributed by atoms with Crippen molar-refractivity contribution in [1.82, 2.24) is 0 Å². The fourth-order valence-electron chi connectivity index (χ4n) is 1.08. The molecule has 4 N–H and O–H groups in total. The molecule has 0 spiro atoms. The van der Waals surface area contributed by atoms with Gasteiger partial charge in [-0.1, -0.05) is 0 Å². The average Bonchev–Trinajstić information content (AvgIpc) is 2.19. The first-order valence-corrected chi connectivity index (χ1v) is 4.39. The molecular formula is C9H9F3N2O3. The van der Waals surface area contributed by atoms with Crippen LogP contribution in [0.1, 0.15) is 0 Å². The van der Waals surface area contributed by atoms with E-state index in [1.807, 2.05) is 0 Å². The summed E-state index contributed by atoms with van der Waals surface area (Å²) in [6, 6.07) is 1.64. The van der Waals surface area contributed by atoms with Crippen LogP contribution in [0.3, 0.4) is 0 Å². The topological polar surface area (TPSA) is 84.6 Å². The van der Waals surface area contributed by atoms with Gasteiger partial charge in [0, 0.05) is 12.1 Å². The molecule has 8 heteroatoms. The Bertz CT molecular complexity index is 426. The van der Waals surface area contributed by atoms with E-state index in [1.165, 1.54) is 0 Å². The summed E-state index contributed by atoms with van der Waals surface area (Å²) in [4.78, 5) is 10.3. The van der Waals surface area contributed by atoms with Crippen LogP contribution in [0, 0.1) is 5.82 Å². The van der Waals surface area contributed by atoms with E-state index >= 15 is 0 Å². The van der Waals surface area contributed by atoms with Crippen LogP contribution in [0.2, 0.25) is 0 Å². The third-order valence-corrected chi connectivity index (χ3v) is 1.75.